The van der Waals surface area contributed by atoms with Crippen LogP contribution in [0.5, 0.6) is 0 Å². The van der Waals surface area contributed by atoms with Gasteiger partial charge in [0.2, 0.25) is 10.0 Å². The molecule has 0 spiro atoms. The topological polar surface area (TPSA) is 134 Å². The van der Waals surface area contributed by atoms with Crippen molar-refractivity contribution in [1.82, 2.24) is 20.0 Å². The number of amides is 2. The molecule has 0 radical (unpaired) electrons. The molecule has 4 rings (SSSR count). The molecule has 0 aliphatic carbocycles. The number of hydrazone groups is 1. The molecule has 0 fully saturated rings. The summed E-state index contributed by atoms with van der Waals surface area (Å²) in [4.78, 5) is 28.1. The van der Waals surface area contributed by atoms with Crippen LogP contribution in [-0.2, 0) is 39.2 Å². The lowest BCUT2D eigenvalue weighted by molar-refractivity contribution is -0.139. The van der Waals surface area contributed by atoms with E-state index in [9.17, 15) is 18.0 Å². The Morgan fingerprint density at radius 2 is 1.60 bits per heavy atom. The van der Waals surface area contributed by atoms with E-state index in [1.54, 1.807) is 60.8 Å². The predicted molar refractivity (Wildman–Crippen MR) is 150 cm³/mol. The Hall–Kier alpha value is -4.03. The summed E-state index contributed by atoms with van der Waals surface area (Å²) >= 11 is 11.9. The quantitative estimate of drug-likeness (QED) is 0.160. The molecule has 0 unspecified atom stereocenters. The lowest BCUT2D eigenvalue weighted by Crippen LogP contribution is -2.37. The largest absolute Gasteiger partial charge is 0.459 e. The van der Waals surface area contributed by atoms with Gasteiger partial charge in [0.05, 0.1) is 29.9 Å². The van der Waals surface area contributed by atoms with Gasteiger partial charge < -0.3 is 9.73 Å². The summed E-state index contributed by atoms with van der Waals surface area (Å²) in [6, 6.07) is 21.1. The number of carbonyl (C=O) groups is 2. The zero-order valence-corrected chi connectivity index (χ0v) is 23.2. The van der Waals surface area contributed by atoms with Gasteiger partial charge in [-0.2, -0.15) is 9.41 Å². The van der Waals surface area contributed by atoms with Gasteiger partial charge in [0.25, 0.3) is 0 Å². The van der Waals surface area contributed by atoms with E-state index in [0.29, 0.717) is 21.5 Å². The van der Waals surface area contributed by atoms with E-state index < -0.39 is 21.8 Å². The zero-order valence-electron chi connectivity index (χ0n) is 20.8. The monoisotopic (exact) mass is 599 g/mol. The molecule has 206 valence electrons. The van der Waals surface area contributed by atoms with E-state index in [2.05, 4.69) is 20.8 Å². The van der Waals surface area contributed by atoms with Crippen LogP contribution in [0, 0.1) is 0 Å². The van der Waals surface area contributed by atoms with Crippen LogP contribution in [0.25, 0.3) is 0 Å². The Bertz CT molecular complexity index is 1590. The van der Waals surface area contributed by atoms with Crippen molar-refractivity contribution in [3.05, 3.63) is 118 Å². The molecule has 0 aliphatic rings. The van der Waals surface area contributed by atoms with Crippen LogP contribution >= 0.6 is 23.2 Å². The molecular formula is C27H23Cl2N5O5S. The van der Waals surface area contributed by atoms with E-state index >= 15 is 0 Å². The van der Waals surface area contributed by atoms with Crippen LogP contribution in [0.1, 0.15) is 22.8 Å². The number of pyridine rings is 1. The van der Waals surface area contributed by atoms with Gasteiger partial charge in [-0.05, 0) is 66.2 Å². The Morgan fingerprint density at radius 1 is 0.900 bits per heavy atom. The molecule has 2 N–H and O–H groups in total. The molecule has 10 nitrogen and oxygen atoms in total. The molecule has 2 amide bonds. The van der Waals surface area contributed by atoms with Crippen molar-refractivity contribution in [3.63, 3.8) is 0 Å². The molecule has 2 heterocycles. The SMILES string of the molecule is O=C(NCc1ccccn1)C(=O)N/N=C/c1ccc(CN(Cc2ccc(Cl)cc2)S(=O)(=O)c2ccc(Cl)cc2)o1. The summed E-state index contributed by atoms with van der Waals surface area (Å²) in [5.41, 5.74) is 3.43. The van der Waals surface area contributed by atoms with Crippen LogP contribution in [0.2, 0.25) is 10.0 Å². The normalized spacial score (nSPS) is 11.6. The molecule has 0 saturated heterocycles. The molecular weight excluding hydrogens is 577 g/mol. The standard InChI is InChI=1S/C27H23Cl2N5O5S/c28-20-6-4-19(5-7-20)17-34(40(37,38)25-12-8-21(29)9-13-25)18-24-11-10-23(39-24)16-32-33-27(36)26(35)31-15-22-3-1-2-14-30-22/h1-14,16H,15,17-18H2,(H,31,35)(H,33,36)/b32-16+. The van der Waals surface area contributed by atoms with Crippen LogP contribution in [0.3, 0.4) is 0 Å². The second kappa shape index (κ2) is 13.4. The summed E-state index contributed by atoms with van der Waals surface area (Å²) < 4.78 is 33.9. The van der Waals surface area contributed by atoms with E-state index in [0.717, 1.165) is 5.56 Å². The van der Waals surface area contributed by atoms with E-state index in [1.165, 1.54) is 34.8 Å². The lowest BCUT2D eigenvalue weighted by atomic mass is 10.2. The van der Waals surface area contributed by atoms with Gasteiger partial charge in [0, 0.05) is 22.8 Å². The maximum absolute atomic E-state index is 13.5. The summed E-state index contributed by atoms with van der Waals surface area (Å²) in [5.74, 6) is -1.29. The van der Waals surface area contributed by atoms with Gasteiger partial charge in [0.1, 0.15) is 11.5 Å². The van der Waals surface area contributed by atoms with Crippen molar-refractivity contribution in [2.45, 2.75) is 24.5 Å². The molecule has 4 aromatic rings. The van der Waals surface area contributed by atoms with E-state index in [4.69, 9.17) is 27.6 Å². The number of nitrogens with zero attached hydrogens (tertiary/aromatic N) is 3. The van der Waals surface area contributed by atoms with Gasteiger partial charge in [-0.3, -0.25) is 14.6 Å². The highest BCUT2D eigenvalue weighted by Crippen LogP contribution is 2.24. The van der Waals surface area contributed by atoms with E-state index in [1.807, 2.05) is 0 Å². The first-order valence-corrected chi connectivity index (χ1v) is 14.0. The van der Waals surface area contributed by atoms with Gasteiger partial charge in [-0.1, -0.05) is 41.4 Å². The molecule has 2 aromatic carbocycles. The average Bonchev–Trinajstić information content (AvgIpc) is 3.40. The first-order valence-electron chi connectivity index (χ1n) is 11.8. The Kier molecular flexibility index (Phi) is 9.67. The van der Waals surface area contributed by atoms with Crippen LogP contribution in [0.4, 0.5) is 0 Å². The van der Waals surface area contributed by atoms with Crippen molar-refractivity contribution in [2.75, 3.05) is 0 Å². The van der Waals surface area contributed by atoms with Gasteiger partial charge in [-0.25, -0.2) is 13.8 Å². The number of benzene rings is 2. The summed E-state index contributed by atoms with van der Waals surface area (Å²) in [5, 5.41) is 7.12. The first-order chi connectivity index (χ1) is 19.2. The molecule has 0 aliphatic heterocycles. The number of carbonyl (C=O) groups excluding carboxylic acids is 2. The Balaban J connectivity index is 1.41. The molecule has 0 bridgehead atoms. The smallest absolute Gasteiger partial charge is 0.329 e. The van der Waals surface area contributed by atoms with Gasteiger partial charge >= 0.3 is 11.8 Å². The maximum atomic E-state index is 13.5. The number of aromatic nitrogens is 1. The number of halogens is 2. The van der Waals surface area contributed by atoms with Gasteiger partial charge in [-0.15, -0.1) is 0 Å². The molecule has 0 atom stereocenters. The highest BCUT2D eigenvalue weighted by atomic mass is 35.5. The number of rotatable bonds is 10. The van der Waals surface area contributed by atoms with E-state index in [-0.39, 0.29) is 30.3 Å². The fourth-order valence-corrected chi connectivity index (χ4v) is 5.10. The fraction of sp³-hybridized carbons (Fsp3) is 0.111. The third kappa shape index (κ3) is 7.99. The van der Waals surface area contributed by atoms with Crippen molar-refractivity contribution < 1.29 is 22.4 Å². The summed E-state index contributed by atoms with van der Waals surface area (Å²) in [6.45, 7) is 0.0451. The Morgan fingerprint density at radius 3 is 2.27 bits per heavy atom. The number of hydrogen-bond acceptors (Lipinski definition) is 7. The number of furan rings is 1. The Labute approximate surface area is 240 Å². The average molecular weight is 600 g/mol. The molecule has 40 heavy (non-hydrogen) atoms. The highest BCUT2D eigenvalue weighted by Gasteiger charge is 2.26. The minimum atomic E-state index is -3.94. The number of hydrogen-bond donors (Lipinski definition) is 2. The molecule has 2 aromatic heterocycles. The van der Waals surface area contributed by atoms with Crippen LogP contribution in [0.15, 0.2) is 99.5 Å². The minimum Gasteiger partial charge on any atom is -0.459 e. The van der Waals surface area contributed by atoms with Crippen LogP contribution < -0.4 is 10.7 Å². The van der Waals surface area contributed by atoms with Crippen LogP contribution in [-0.4, -0.2) is 35.7 Å². The molecule has 13 heteroatoms. The van der Waals surface area contributed by atoms with Crippen molar-refractivity contribution >= 4 is 51.3 Å². The second-order valence-corrected chi connectivity index (χ2v) is 11.2. The number of sulfonamides is 1. The minimum absolute atomic E-state index is 0.0515. The summed E-state index contributed by atoms with van der Waals surface area (Å²) in [7, 11) is -3.94. The third-order valence-corrected chi connectivity index (χ3v) is 7.77. The first kappa shape index (κ1) is 29.0. The molecule has 0 saturated carbocycles. The lowest BCUT2D eigenvalue weighted by Gasteiger charge is -2.21. The maximum Gasteiger partial charge on any atom is 0.329 e. The van der Waals surface area contributed by atoms with Gasteiger partial charge in [0.15, 0.2) is 0 Å². The fourth-order valence-electron chi connectivity index (χ4n) is 3.46. The zero-order chi connectivity index (χ0) is 28.5. The summed E-state index contributed by atoms with van der Waals surface area (Å²) in [6.07, 6.45) is 2.78. The third-order valence-electron chi connectivity index (χ3n) is 5.46. The second-order valence-electron chi connectivity index (χ2n) is 8.36. The highest BCUT2D eigenvalue weighted by molar-refractivity contribution is 7.89. The van der Waals surface area contributed by atoms with Crippen molar-refractivity contribution in [3.8, 4) is 0 Å². The van der Waals surface area contributed by atoms with Crippen molar-refractivity contribution in [1.29, 1.82) is 0 Å². The predicted octanol–water partition coefficient (Wildman–Crippen LogP) is 4.14. The number of nitrogens with one attached hydrogen (secondary N) is 2. The van der Waals surface area contributed by atoms with Crippen molar-refractivity contribution in [2.24, 2.45) is 5.10 Å².